The number of halogens is 3. The maximum Gasteiger partial charge on any atom is 0.264 e. The van der Waals surface area contributed by atoms with Gasteiger partial charge in [0.25, 0.3) is 15.9 Å². The van der Waals surface area contributed by atoms with Crippen molar-refractivity contribution < 1.29 is 26.7 Å². The number of benzene rings is 4. The Labute approximate surface area is 261 Å². The number of piperidine rings is 1. The lowest BCUT2D eigenvalue weighted by molar-refractivity contribution is 0.0580. The Morgan fingerprint density at radius 2 is 1.75 bits per heavy atom. The number of hydrogen-bond acceptors (Lipinski definition) is 4. The van der Waals surface area contributed by atoms with E-state index in [4.69, 9.17) is 16.3 Å². The Morgan fingerprint density at radius 1 is 0.977 bits per heavy atom. The van der Waals surface area contributed by atoms with Crippen LogP contribution in [0.1, 0.15) is 47.2 Å². The van der Waals surface area contributed by atoms with Gasteiger partial charge < -0.3 is 9.64 Å². The van der Waals surface area contributed by atoms with Crippen molar-refractivity contribution >= 4 is 33.2 Å². The van der Waals surface area contributed by atoms with Gasteiger partial charge in [-0.2, -0.15) is 0 Å². The summed E-state index contributed by atoms with van der Waals surface area (Å²) in [7, 11) is -4.34. The molecular formula is C34H33ClF2N2O4S. The van der Waals surface area contributed by atoms with Gasteiger partial charge in [0.1, 0.15) is 17.4 Å². The molecule has 0 aliphatic carbocycles. The topological polar surface area (TPSA) is 66.9 Å². The summed E-state index contributed by atoms with van der Waals surface area (Å²) in [6.45, 7) is 2.59. The molecule has 0 aromatic heterocycles. The van der Waals surface area contributed by atoms with Gasteiger partial charge in [-0.1, -0.05) is 47.5 Å². The first kappa shape index (κ1) is 31.5. The zero-order valence-electron chi connectivity index (χ0n) is 24.3. The molecule has 1 amide bonds. The molecule has 1 saturated heterocycles. The largest absolute Gasteiger partial charge is 0.493 e. The van der Waals surface area contributed by atoms with Gasteiger partial charge in [0.2, 0.25) is 0 Å². The zero-order chi connectivity index (χ0) is 31.3. The molecule has 1 aliphatic rings. The number of para-hydroxylation sites is 1. The molecule has 1 atom stereocenters. The van der Waals surface area contributed by atoms with E-state index in [0.717, 1.165) is 47.3 Å². The van der Waals surface area contributed by atoms with Gasteiger partial charge in [0.15, 0.2) is 0 Å². The van der Waals surface area contributed by atoms with Crippen LogP contribution in [0, 0.1) is 18.6 Å². The van der Waals surface area contributed by atoms with Gasteiger partial charge in [-0.25, -0.2) is 17.2 Å². The highest BCUT2D eigenvalue weighted by Crippen LogP contribution is 2.32. The second-order valence-electron chi connectivity index (χ2n) is 10.8. The van der Waals surface area contributed by atoms with Crippen LogP contribution in [-0.4, -0.2) is 38.4 Å². The van der Waals surface area contributed by atoms with Crippen molar-refractivity contribution in [3.8, 4) is 5.75 Å². The van der Waals surface area contributed by atoms with Crippen molar-refractivity contribution in [2.24, 2.45) is 0 Å². The highest BCUT2D eigenvalue weighted by atomic mass is 35.5. The highest BCUT2D eigenvalue weighted by molar-refractivity contribution is 7.92. The van der Waals surface area contributed by atoms with Crippen LogP contribution in [0.2, 0.25) is 5.02 Å². The lowest BCUT2D eigenvalue weighted by Gasteiger charge is -2.36. The number of sulfonamides is 1. The molecule has 44 heavy (non-hydrogen) atoms. The normalized spacial score (nSPS) is 15.2. The van der Waals surface area contributed by atoms with E-state index in [-0.39, 0.29) is 30.0 Å². The van der Waals surface area contributed by atoms with Crippen LogP contribution >= 0.6 is 11.6 Å². The van der Waals surface area contributed by atoms with E-state index in [1.165, 1.54) is 24.3 Å². The quantitative estimate of drug-likeness (QED) is 0.178. The molecule has 10 heteroatoms. The predicted octanol–water partition coefficient (Wildman–Crippen LogP) is 7.79. The van der Waals surface area contributed by atoms with E-state index in [1.807, 2.05) is 36.1 Å². The van der Waals surface area contributed by atoms with Crippen LogP contribution < -0.4 is 9.04 Å². The van der Waals surface area contributed by atoms with Crippen molar-refractivity contribution in [2.75, 3.05) is 17.5 Å². The van der Waals surface area contributed by atoms with Crippen molar-refractivity contribution in [3.05, 3.63) is 124 Å². The molecule has 0 bridgehead atoms. The number of anilines is 1. The smallest absolute Gasteiger partial charge is 0.264 e. The van der Waals surface area contributed by atoms with Crippen LogP contribution in [0.25, 0.3) is 0 Å². The summed E-state index contributed by atoms with van der Waals surface area (Å²) < 4.78 is 63.9. The minimum atomic E-state index is -4.34. The van der Waals surface area contributed by atoms with Gasteiger partial charge in [-0.15, -0.1) is 0 Å². The van der Waals surface area contributed by atoms with E-state index in [0.29, 0.717) is 34.9 Å². The number of carbonyl (C=O) groups excluding carboxylic acids is 1. The van der Waals surface area contributed by atoms with Crippen molar-refractivity contribution in [1.29, 1.82) is 0 Å². The molecule has 0 spiro atoms. The molecule has 230 valence electrons. The summed E-state index contributed by atoms with van der Waals surface area (Å²) in [5.74, 6) is -1.26. The molecule has 1 unspecified atom stereocenters. The third-order valence-corrected chi connectivity index (χ3v) is 9.75. The van der Waals surface area contributed by atoms with E-state index >= 15 is 4.39 Å². The fourth-order valence-corrected chi connectivity index (χ4v) is 7.03. The van der Waals surface area contributed by atoms with Crippen molar-refractivity contribution in [3.63, 3.8) is 0 Å². The van der Waals surface area contributed by atoms with E-state index in [9.17, 15) is 17.6 Å². The Hall–Kier alpha value is -3.95. The van der Waals surface area contributed by atoms with Crippen molar-refractivity contribution in [1.82, 2.24) is 4.90 Å². The van der Waals surface area contributed by atoms with Gasteiger partial charge >= 0.3 is 0 Å². The SMILES string of the molecule is Cc1cccc(C(=O)N2CCCCC2CCOc2ccccc2CN(c2cc(F)ccc2F)S(=O)(=O)c2ccc(Cl)cc2)c1. The summed E-state index contributed by atoms with van der Waals surface area (Å²) in [6.07, 6.45) is 3.38. The minimum absolute atomic E-state index is 0.000956. The van der Waals surface area contributed by atoms with E-state index in [2.05, 4.69) is 0 Å². The van der Waals surface area contributed by atoms with Crippen molar-refractivity contribution in [2.45, 2.75) is 50.1 Å². The molecule has 1 aliphatic heterocycles. The van der Waals surface area contributed by atoms with Crippen LogP contribution in [0.3, 0.4) is 0 Å². The molecule has 1 fully saturated rings. The summed E-state index contributed by atoms with van der Waals surface area (Å²) in [5.41, 5.74) is 1.72. The summed E-state index contributed by atoms with van der Waals surface area (Å²) in [5, 5.41) is 0.336. The van der Waals surface area contributed by atoms with E-state index in [1.54, 1.807) is 24.3 Å². The van der Waals surface area contributed by atoms with Crippen LogP contribution in [0.5, 0.6) is 5.75 Å². The minimum Gasteiger partial charge on any atom is -0.493 e. The molecule has 6 nitrogen and oxygen atoms in total. The highest BCUT2D eigenvalue weighted by Gasteiger charge is 2.30. The molecule has 0 saturated carbocycles. The lowest BCUT2D eigenvalue weighted by atomic mass is 9.98. The fraction of sp³-hybridized carbons (Fsp3) is 0.265. The molecular weight excluding hydrogens is 606 g/mol. The Morgan fingerprint density at radius 3 is 2.52 bits per heavy atom. The summed E-state index contributed by atoms with van der Waals surface area (Å²) in [6, 6.07) is 22.6. The predicted molar refractivity (Wildman–Crippen MR) is 168 cm³/mol. The van der Waals surface area contributed by atoms with Gasteiger partial charge in [-0.05, 0) is 80.8 Å². The van der Waals surface area contributed by atoms with Crippen LogP contribution in [0.4, 0.5) is 14.5 Å². The second-order valence-corrected chi connectivity index (χ2v) is 13.1. The zero-order valence-corrected chi connectivity index (χ0v) is 25.8. The maximum absolute atomic E-state index is 15.0. The molecule has 0 N–H and O–H groups in total. The molecule has 0 radical (unpaired) electrons. The Kier molecular flexibility index (Phi) is 9.86. The average molecular weight is 639 g/mol. The lowest BCUT2D eigenvalue weighted by Crippen LogP contribution is -2.44. The molecule has 1 heterocycles. The molecule has 4 aromatic carbocycles. The number of hydrogen-bond donors (Lipinski definition) is 0. The standard InChI is InChI=1S/C34H33ClF2N2O4S/c1-24-7-6-9-25(21-24)34(40)38-19-5-4-10-29(38)18-20-43-33-11-3-2-8-26(33)23-39(32-22-28(36)14-17-31(32)37)44(41,42)30-15-12-27(35)13-16-30/h2-3,6-9,11-17,21-22,29H,4-5,10,18-20,23H2,1H3. The number of ether oxygens (including phenoxy) is 1. The third-order valence-electron chi connectivity index (χ3n) is 7.73. The van der Waals surface area contributed by atoms with Crippen LogP contribution in [0.15, 0.2) is 95.9 Å². The number of amides is 1. The Bertz CT molecular complexity index is 1730. The first-order chi connectivity index (χ1) is 21.1. The maximum atomic E-state index is 15.0. The summed E-state index contributed by atoms with van der Waals surface area (Å²) in [4.78, 5) is 15.1. The number of likely N-dealkylation sites (tertiary alicyclic amines) is 1. The number of rotatable bonds is 10. The summed E-state index contributed by atoms with van der Waals surface area (Å²) >= 11 is 5.97. The van der Waals surface area contributed by atoms with Gasteiger partial charge in [-0.3, -0.25) is 9.10 Å². The van der Waals surface area contributed by atoms with E-state index < -0.39 is 27.3 Å². The second kappa shape index (κ2) is 13.8. The van der Waals surface area contributed by atoms with Gasteiger partial charge in [0, 0.05) is 41.2 Å². The number of aryl methyl sites for hydroxylation is 1. The monoisotopic (exact) mass is 638 g/mol. The fourth-order valence-electron chi connectivity index (χ4n) is 5.46. The average Bonchev–Trinajstić information content (AvgIpc) is 3.02. The molecule has 5 rings (SSSR count). The third kappa shape index (κ3) is 7.22. The first-order valence-corrected chi connectivity index (χ1v) is 16.3. The van der Waals surface area contributed by atoms with Crippen LogP contribution in [-0.2, 0) is 16.6 Å². The number of nitrogens with zero attached hydrogens (tertiary/aromatic N) is 2. The molecule has 4 aromatic rings. The Balaban J connectivity index is 1.37. The first-order valence-electron chi connectivity index (χ1n) is 14.4. The van der Waals surface area contributed by atoms with Gasteiger partial charge in [0.05, 0.1) is 23.7 Å². The number of carbonyl (C=O) groups is 1.